The van der Waals surface area contributed by atoms with Crippen LogP contribution >= 0.6 is 0 Å². The van der Waals surface area contributed by atoms with Crippen molar-refractivity contribution in [1.29, 1.82) is 0 Å². The molecular weight excluding hydrogens is 260 g/mol. The zero-order valence-electron chi connectivity index (χ0n) is 14.8. The van der Waals surface area contributed by atoms with Crippen LogP contribution in [0.1, 0.15) is 59.3 Å². The Labute approximate surface area is 131 Å². The lowest BCUT2D eigenvalue weighted by molar-refractivity contribution is 0.131. The Bertz CT molecular complexity index is 302. The summed E-state index contributed by atoms with van der Waals surface area (Å²) < 4.78 is 0. The summed E-state index contributed by atoms with van der Waals surface area (Å²) >= 11 is 0. The number of guanidine groups is 1. The van der Waals surface area contributed by atoms with Gasteiger partial charge in [-0.2, -0.15) is 0 Å². The fourth-order valence-electron chi connectivity index (χ4n) is 2.78. The van der Waals surface area contributed by atoms with Gasteiger partial charge in [0.05, 0.1) is 0 Å². The van der Waals surface area contributed by atoms with E-state index in [1.54, 1.807) is 0 Å². The molecule has 4 heteroatoms. The third kappa shape index (κ3) is 6.25. The molecule has 0 aliphatic heterocycles. The summed E-state index contributed by atoms with van der Waals surface area (Å²) in [6, 6.07) is 0.639. The minimum atomic E-state index is 0.539. The molecule has 0 aromatic heterocycles. The average molecular weight is 297 g/mol. The van der Waals surface area contributed by atoms with E-state index in [9.17, 15) is 0 Å². The standard InChI is InChI=1S/C17H36N4/c1-6-17(10-9-11-17)14-20-16(18-4)19-12-7-8-13-21(5)15(2)3/h15H,6-14H2,1-5H3,(H2,18,19,20). The van der Waals surface area contributed by atoms with E-state index in [0.29, 0.717) is 11.5 Å². The molecule has 0 unspecified atom stereocenters. The molecule has 0 amide bonds. The van der Waals surface area contributed by atoms with E-state index in [0.717, 1.165) is 19.0 Å². The fourth-order valence-corrected chi connectivity index (χ4v) is 2.78. The number of hydrogen-bond acceptors (Lipinski definition) is 2. The van der Waals surface area contributed by atoms with Crippen LogP contribution in [0.25, 0.3) is 0 Å². The maximum absolute atomic E-state index is 4.33. The van der Waals surface area contributed by atoms with Crippen molar-refractivity contribution in [3.05, 3.63) is 0 Å². The average Bonchev–Trinajstić information content (AvgIpc) is 2.43. The topological polar surface area (TPSA) is 39.7 Å². The zero-order chi connectivity index (χ0) is 15.7. The Balaban J connectivity index is 2.12. The number of nitrogens with one attached hydrogen (secondary N) is 2. The number of nitrogens with zero attached hydrogens (tertiary/aromatic N) is 2. The van der Waals surface area contributed by atoms with Gasteiger partial charge < -0.3 is 15.5 Å². The number of unbranched alkanes of at least 4 members (excludes halogenated alkanes) is 1. The lowest BCUT2D eigenvalue weighted by Crippen LogP contribution is -2.46. The van der Waals surface area contributed by atoms with Crippen LogP contribution in [-0.2, 0) is 0 Å². The zero-order valence-corrected chi connectivity index (χ0v) is 14.8. The first-order valence-electron chi connectivity index (χ1n) is 8.68. The highest BCUT2D eigenvalue weighted by atomic mass is 15.2. The van der Waals surface area contributed by atoms with Gasteiger partial charge in [0.2, 0.25) is 0 Å². The summed E-state index contributed by atoms with van der Waals surface area (Å²) in [4.78, 5) is 6.73. The Morgan fingerprint density at radius 1 is 1.24 bits per heavy atom. The molecule has 4 nitrogen and oxygen atoms in total. The van der Waals surface area contributed by atoms with Gasteiger partial charge in [0, 0.05) is 26.2 Å². The molecule has 2 N–H and O–H groups in total. The molecule has 0 bridgehead atoms. The molecule has 124 valence electrons. The van der Waals surface area contributed by atoms with Crippen molar-refractivity contribution in [1.82, 2.24) is 15.5 Å². The summed E-state index contributed by atoms with van der Waals surface area (Å²) in [5.41, 5.74) is 0.539. The van der Waals surface area contributed by atoms with Gasteiger partial charge in [0.25, 0.3) is 0 Å². The van der Waals surface area contributed by atoms with Crippen molar-refractivity contribution < 1.29 is 0 Å². The molecule has 0 heterocycles. The van der Waals surface area contributed by atoms with E-state index in [4.69, 9.17) is 0 Å². The second kappa shape index (κ2) is 9.29. The van der Waals surface area contributed by atoms with Crippen LogP contribution in [0.3, 0.4) is 0 Å². The highest BCUT2D eigenvalue weighted by Crippen LogP contribution is 2.42. The summed E-state index contributed by atoms with van der Waals surface area (Å²) in [6.07, 6.45) is 7.84. The van der Waals surface area contributed by atoms with E-state index in [1.165, 1.54) is 45.1 Å². The Morgan fingerprint density at radius 3 is 2.43 bits per heavy atom. The fraction of sp³-hybridized carbons (Fsp3) is 0.941. The molecule has 21 heavy (non-hydrogen) atoms. The number of hydrogen-bond donors (Lipinski definition) is 2. The minimum absolute atomic E-state index is 0.539. The molecular formula is C17H36N4. The largest absolute Gasteiger partial charge is 0.356 e. The Hall–Kier alpha value is -0.770. The van der Waals surface area contributed by atoms with Crippen molar-refractivity contribution in [2.75, 3.05) is 33.7 Å². The van der Waals surface area contributed by atoms with E-state index >= 15 is 0 Å². The molecule has 0 radical (unpaired) electrons. The van der Waals surface area contributed by atoms with Crippen LogP contribution in [0.15, 0.2) is 4.99 Å². The van der Waals surface area contributed by atoms with Gasteiger partial charge in [0.15, 0.2) is 5.96 Å². The minimum Gasteiger partial charge on any atom is -0.356 e. The highest BCUT2D eigenvalue weighted by molar-refractivity contribution is 5.79. The van der Waals surface area contributed by atoms with Crippen molar-refractivity contribution in [2.45, 2.75) is 65.3 Å². The molecule has 0 saturated heterocycles. The van der Waals surface area contributed by atoms with Crippen molar-refractivity contribution >= 4 is 5.96 Å². The molecule has 1 aliphatic rings. The first-order valence-corrected chi connectivity index (χ1v) is 8.68. The normalized spacial score (nSPS) is 18.0. The first-order chi connectivity index (χ1) is 10.0. The summed E-state index contributed by atoms with van der Waals surface area (Å²) in [5, 5.41) is 6.95. The second-order valence-corrected chi connectivity index (χ2v) is 6.84. The lowest BCUT2D eigenvalue weighted by atomic mass is 9.67. The molecule has 1 aliphatic carbocycles. The third-order valence-corrected chi connectivity index (χ3v) is 5.13. The summed E-state index contributed by atoms with van der Waals surface area (Å²) in [6.45, 7) is 10.0. The van der Waals surface area contributed by atoms with Crippen LogP contribution < -0.4 is 10.6 Å². The predicted octanol–water partition coefficient (Wildman–Crippen LogP) is 2.85. The molecule has 0 aromatic carbocycles. The smallest absolute Gasteiger partial charge is 0.190 e. The molecule has 0 aromatic rings. The monoisotopic (exact) mass is 296 g/mol. The maximum Gasteiger partial charge on any atom is 0.190 e. The summed E-state index contributed by atoms with van der Waals surface area (Å²) in [5.74, 6) is 0.965. The van der Waals surface area contributed by atoms with E-state index < -0.39 is 0 Å². The van der Waals surface area contributed by atoms with Crippen LogP contribution in [0.4, 0.5) is 0 Å². The van der Waals surface area contributed by atoms with Crippen LogP contribution in [0, 0.1) is 5.41 Å². The SMILES string of the molecule is CCC1(CNC(=NC)NCCCCN(C)C(C)C)CCC1. The third-order valence-electron chi connectivity index (χ3n) is 5.13. The quantitative estimate of drug-likeness (QED) is 0.390. The molecule has 1 saturated carbocycles. The van der Waals surface area contributed by atoms with Crippen molar-refractivity contribution in [2.24, 2.45) is 10.4 Å². The molecule has 0 atom stereocenters. The van der Waals surface area contributed by atoms with Gasteiger partial charge in [0.1, 0.15) is 0 Å². The molecule has 1 fully saturated rings. The van der Waals surface area contributed by atoms with Gasteiger partial charge in [-0.05, 0) is 65.0 Å². The molecule has 0 spiro atoms. The molecule has 1 rings (SSSR count). The van der Waals surface area contributed by atoms with E-state index in [-0.39, 0.29) is 0 Å². The Kier molecular flexibility index (Phi) is 8.09. The van der Waals surface area contributed by atoms with Crippen molar-refractivity contribution in [3.63, 3.8) is 0 Å². The van der Waals surface area contributed by atoms with E-state index in [2.05, 4.69) is 48.3 Å². The highest BCUT2D eigenvalue weighted by Gasteiger charge is 2.34. The first kappa shape index (κ1) is 18.3. The van der Waals surface area contributed by atoms with Crippen LogP contribution in [-0.4, -0.2) is 50.6 Å². The predicted molar refractivity (Wildman–Crippen MR) is 92.9 cm³/mol. The number of aliphatic imine (C=N–C) groups is 1. The maximum atomic E-state index is 4.33. The van der Waals surface area contributed by atoms with Gasteiger partial charge in [-0.3, -0.25) is 4.99 Å². The van der Waals surface area contributed by atoms with E-state index in [1.807, 2.05) is 7.05 Å². The van der Waals surface area contributed by atoms with Gasteiger partial charge in [-0.1, -0.05) is 13.3 Å². The van der Waals surface area contributed by atoms with Gasteiger partial charge in [-0.15, -0.1) is 0 Å². The Morgan fingerprint density at radius 2 is 1.95 bits per heavy atom. The van der Waals surface area contributed by atoms with Gasteiger partial charge >= 0.3 is 0 Å². The van der Waals surface area contributed by atoms with Crippen LogP contribution in [0.2, 0.25) is 0 Å². The lowest BCUT2D eigenvalue weighted by Gasteiger charge is -2.41. The van der Waals surface area contributed by atoms with Gasteiger partial charge in [-0.25, -0.2) is 0 Å². The second-order valence-electron chi connectivity index (χ2n) is 6.84. The van der Waals surface area contributed by atoms with Crippen LogP contribution in [0.5, 0.6) is 0 Å². The van der Waals surface area contributed by atoms with Crippen molar-refractivity contribution in [3.8, 4) is 0 Å². The summed E-state index contributed by atoms with van der Waals surface area (Å²) in [7, 11) is 4.06. The number of rotatable bonds is 9.